The number of piperidine rings is 1. The number of ether oxygens (including phenoxy) is 1. The maximum absolute atomic E-state index is 13.1. The van der Waals surface area contributed by atoms with Crippen LogP contribution in [0.25, 0.3) is 0 Å². The van der Waals surface area contributed by atoms with Crippen LogP contribution in [0.2, 0.25) is 0 Å². The van der Waals surface area contributed by atoms with E-state index in [0.717, 1.165) is 17.7 Å². The molecular formula is C21H23FN2O5S. The van der Waals surface area contributed by atoms with Crippen LogP contribution in [0.3, 0.4) is 0 Å². The van der Waals surface area contributed by atoms with Crippen molar-refractivity contribution in [1.82, 2.24) is 9.62 Å². The van der Waals surface area contributed by atoms with Gasteiger partial charge in [-0.2, -0.15) is 4.31 Å². The van der Waals surface area contributed by atoms with E-state index in [-0.39, 0.29) is 18.0 Å². The van der Waals surface area contributed by atoms with Crippen LogP contribution >= 0.6 is 0 Å². The van der Waals surface area contributed by atoms with Gasteiger partial charge < -0.3 is 10.1 Å². The molecule has 0 bridgehead atoms. The molecule has 0 saturated carbocycles. The molecule has 3 rings (SSSR count). The van der Waals surface area contributed by atoms with Crippen molar-refractivity contribution in [3.05, 3.63) is 66.0 Å². The summed E-state index contributed by atoms with van der Waals surface area (Å²) in [6, 6.07) is 13.9. The third kappa shape index (κ3) is 5.64. The van der Waals surface area contributed by atoms with Gasteiger partial charge in [0.1, 0.15) is 5.82 Å². The molecule has 1 atom stereocenters. The molecule has 1 aliphatic rings. The van der Waals surface area contributed by atoms with Crippen LogP contribution in [0.1, 0.15) is 18.4 Å². The van der Waals surface area contributed by atoms with E-state index >= 15 is 0 Å². The highest BCUT2D eigenvalue weighted by Crippen LogP contribution is 2.24. The summed E-state index contributed by atoms with van der Waals surface area (Å²) in [6.07, 6.45) is 0.959. The number of nitrogens with zero attached hydrogens (tertiary/aromatic N) is 1. The third-order valence-corrected chi connectivity index (χ3v) is 6.73. The van der Waals surface area contributed by atoms with E-state index in [1.165, 1.54) is 16.4 Å². The zero-order valence-electron chi connectivity index (χ0n) is 16.3. The molecule has 0 aliphatic carbocycles. The van der Waals surface area contributed by atoms with Crippen molar-refractivity contribution >= 4 is 21.9 Å². The van der Waals surface area contributed by atoms with E-state index in [4.69, 9.17) is 4.74 Å². The summed E-state index contributed by atoms with van der Waals surface area (Å²) >= 11 is 0. The SMILES string of the molecule is O=C(COC(=O)C1CCCN(S(=O)(=O)c2ccc(F)cc2)C1)NCc1ccccc1. The number of sulfonamides is 1. The van der Waals surface area contributed by atoms with Crippen LogP contribution in [-0.4, -0.2) is 44.3 Å². The molecule has 0 radical (unpaired) electrons. The fourth-order valence-corrected chi connectivity index (χ4v) is 4.73. The Balaban J connectivity index is 1.51. The highest BCUT2D eigenvalue weighted by atomic mass is 32.2. The van der Waals surface area contributed by atoms with E-state index in [1.807, 2.05) is 30.3 Å². The Kier molecular flexibility index (Phi) is 7.17. The minimum Gasteiger partial charge on any atom is -0.455 e. The van der Waals surface area contributed by atoms with E-state index in [0.29, 0.717) is 19.4 Å². The van der Waals surface area contributed by atoms with Gasteiger partial charge in [0.15, 0.2) is 6.61 Å². The van der Waals surface area contributed by atoms with Gasteiger partial charge in [0.25, 0.3) is 5.91 Å². The number of halogens is 1. The van der Waals surface area contributed by atoms with Gasteiger partial charge in [-0.15, -0.1) is 0 Å². The number of carbonyl (C=O) groups is 2. The molecule has 1 unspecified atom stereocenters. The fraction of sp³-hybridized carbons (Fsp3) is 0.333. The number of hydrogen-bond acceptors (Lipinski definition) is 5. The van der Waals surface area contributed by atoms with Gasteiger partial charge in [0, 0.05) is 19.6 Å². The van der Waals surface area contributed by atoms with Crippen molar-refractivity contribution < 1.29 is 27.1 Å². The normalized spacial score (nSPS) is 17.3. The maximum atomic E-state index is 13.1. The summed E-state index contributed by atoms with van der Waals surface area (Å²) in [4.78, 5) is 24.2. The number of nitrogens with one attached hydrogen (secondary N) is 1. The van der Waals surface area contributed by atoms with Crippen molar-refractivity contribution in [3.63, 3.8) is 0 Å². The first-order chi connectivity index (χ1) is 14.4. The van der Waals surface area contributed by atoms with Crippen molar-refractivity contribution in [2.24, 2.45) is 5.92 Å². The predicted molar refractivity (Wildman–Crippen MR) is 107 cm³/mol. The maximum Gasteiger partial charge on any atom is 0.310 e. The summed E-state index contributed by atoms with van der Waals surface area (Å²) in [6.45, 7) is 0.127. The first kappa shape index (κ1) is 21.9. The van der Waals surface area contributed by atoms with Crippen molar-refractivity contribution in [3.8, 4) is 0 Å². The number of esters is 1. The molecule has 1 aliphatic heterocycles. The molecule has 1 N–H and O–H groups in total. The first-order valence-electron chi connectivity index (χ1n) is 9.59. The van der Waals surface area contributed by atoms with Gasteiger partial charge in [0.05, 0.1) is 10.8 Å². The number of carbonyl (C=O) groups excluding carboxylic acids is 2. The fourth-order valence-electron chi connectivity index (χ4n) is 3.21. The van der Waals surface area contributed by atoms with E-state index < -0.39 is 40.2 Å². The number of hydrogen-bond donors (Lipinski definition) is 1. The standard InChI is InChI=1S/C21H23FN2O5S/c22-18-8-10-19(11-9-18)30(27,28)24-12-4-7-17(14-24)21(26)29-15-20(25)23-13-16-5-2-1-3-6-16/h1-3,5-6,8-11,17H,4,7,12-15H2,(H,23,25). The van der Waals surface area contributed by atoms with Crippen LogP contribution in [0.15, 0.2) is 59.5 Å². The highest BCUT2D eigenvalue weighted by molar-refractivity contribution is 7.89. The number of benzene rings is 2. The molecule has 1 saturated heterocycles. The molecule has 7 nitrogen and oxygen atoms in total. The van der Waals surface area contributed by atoms with Gasteiger partial charge in [-0.25, -0.2) is 12.8 Å². The second kappa shape index (κ2) is 9.82. The average Bonchev–Trinajstić information content (AvgIpc) is 2.77. The Morgan fingerprint density at radius 2 is 1.80 bits per heavy atom. The van der Waals surface area contributed by atoms with Crippen molar-refractivity contribution in [2.75, 3.05) is 19.7 Å². The van der Waals surface area contributed by atoms with Crippen LogP contribution in [0, 0.1) is 11.7 Å². The predicted octanol–water partition coefficient (Wildman–Crippen LogP) is 2.09. The van der Waals surface area contributed by atoms with Crippen molar-refractivity contribution in [2.45, 2.75) is 24.3 Å². The molecule has 160 valence electrons. The lowest BCUT2D eigenvalue weighted by Gasteiger charge is -2.30. The molecule has 1 fully saturated rings. The molecule has 1 heterocycles. The average molecular weight is 434 g/mol. The first-order valence-corrected chi connectivity index (χ1v) is 11.0. The van der Waals surface area contributed by atoms with Gasteiger partial charge in [-0.3, -0.25) is 9.59 Å². The number of rotatable bonds is 7. The molecule has 2 aromatic rings. The summed E-state index contributed by atoms with van der Waals surface area (Å²) in [5.41, 5.74) is 0.922. The highest BCUT2D eigenvalue weighted by Gasteiger charge is 2.34. The molecule has 9 heteroatoms. The van der Waals surface area contributed by atoms with Gasteiger partial charge in [-0.05, 0) is 42.7 Å². The Labute approximate surface area is 174 Å². The Morgan fingerprint density at radius 1 is 1.10 bits per heavy atom. The minimum absolute atomic E-state index is 0.0294. The third-order valence-electron chi connectivity index (χ3n) is 4.85. The van der Waals surface area contributed by atoms with E-state index in [1.54, 1.807) is 0 Å². The molecule has 1 amide bonds. The minimum atomic E-state index is -3.84. The van der Waals surface area contributed by atoms with Gasteiger partial charge >= 0.3 is 5.97 Å². The summed E-state index contributed by atoms with van der Waals surface area (Å²) in [5, 5.41) is 2.66. The summed E-state index contributed by atoms with van der Waals surface area (Å²) in [7, 11) is -3.84. The zero-order valence-corrected chi connectivity index (χ0v) is 17.1. The Morgan fingerprint density at radius 3 is 2.50 bits per heavy atom. The second-order valence-electron chi connectivity index (χ2n) is 7.03. The van der Waals surface area contributed by atoms with Crippen LogP contribution in [0.5, 0.6) is 0 Å². The van der Waals surface area contributed by atoms with Crippen LogP contribution in [-0.2, 0) is 30.9 Å². The zero-order chi connectivity index (χ0) is 21.6. The number of amides is 1. The lowest BCUT2D eigenvalue weighted by atomic mass is 10.00. The summed E-state index contributed by atoms with van der Waals surface area (Å²) < 4.78 is 44.9. The Bertz CT molecular complexity index is 980. The lowest BCUT2D eigenvalue weighted by molar-refractivity contribution is -0.153. The van der Waals surface area contributed by atoms with Crippen LogP contribution in [0.4, 0.5) is 4.39 Å². The largest absolute Gasteiger partial charge is 0.455 e. The van der Waals surface area contributed by atoms with Gasteiger partial charge in [0.2, 0.25) is 10.0 Å². The van der Waals surface area contributed by atoms with Crippen molar-refractivity contribution in [1.29, 1.82) is 0 Å². The monoisotopic (exact) mass is 434 g/mol. The molecule has 0 aromatic heterocycles. The molecule has 2 aromatic carbocycles. The lowest BCUT2D eigenvalue weighted by Crippen LogP contribution is -2.43. The smallest absolute Gasteiger partial charge is 0.310 e. The quantitative estimate of drug-likeness (QED) is 0.674. The molecule has 0 spiro atoms. The molecular weight excluding hydrogens is 411 g/mol. The van der Waals surface area contributed by atoms with E-state index in [2.05, 4.69) is 5.32 Å². The van der Waals surface area contributed by atoms with Gasteiger partial charge in [-0.1, -0.05) is 30.3 Å². The summed E-state index contributed by atoms with van der Waals surface area (Å²) in [5.74, 6) is -2.22. The topological polar surface area (TPSA) is 92.8 Å². The van der Waals surface area contributed by atoms with E-state index in [9.17, 15) is 22.4 Å². The molecule has 30 heavy (non-hydrogen) atoms. The Hall–Kier alpha value is -2.78. The second-order valence-corrected chi connectivity index (χ2v) is 8.96. The van der Waals surface area contributed by atoms with Crippen LogP contribution < -0.4 is 5.32 Å².